The summed E-state index contributed by atoms with van der Waals surface area (Å²) in [4.78, 5) is 24.0. The number of amides is 1. The summed E-state index contributed by atoms with van der Waals surface area (Å²) in [6.45, 7) is 2.26. The SMILES string of the molecule is CCCCCCCCCCCCCCCC(=O)NC(Cc1ccc2ccccc2c1)C(=O)O. The molecule has 2 rings (SSSR count). The van der Waals surface area contributed by atoms with E-state index in [4.69, 9.17) is 0 Å². The molecule has 2 N–H and O–H groups in total. The van der Waals surface area contributed by atoms with Crippen molar-refractivity contribution in [3.63, 3.8) is 0 Å². The number of carboxylic acids is 1. The van der Waals surface area contributed by atoms with Crippen LogP contribution in [0.1, 0.15) is 102 Å². The molecule has 0 aliphatic carbocycles. The molecule has 182 valence electrons. The minimum absolute atomic E-state index is 0.161. The highest BCUT2D eigenvalue weighted by Gasteiger charge is 2.20. The van der Waals surface area contributed by atoms with Gasteiger partial charge in [-0.15, -0.1) is 0 Å². The summed E-state index contributed by atoms with van der Waals surface area (Å²) in [5, 5.41) is 14.5. The molecule has 0 saturated heterocycles. The fourth-order valence-electron chi connectivity index (χ4n) is 4.37. The van der Waals surface area contributed by atoms with Gasteiger partial charge in [0.15, 0.2) is 0 Å². The number of rotatable bonds is 18. The van der Waals surface area contributed by atoms with Crippen LogP contribution < -0.4 is 5.32 Å². The Labute approximate surface area is 200 Å². The highest BCUT2D eigenvalue weighted by atomic mass is 16.4. The zero-order chi connectivity index (χ0) is 23.7. The lowest BCUT2D eigenvalue weighted by molar-refractivity contribution is -0.141. The number of hydrogen-bond donors (Lipinski definition) is 2. The molecule has 4 heteroatoms. The number of unbranched alkanes of at least 4 members (excludes halogenated alkanes) is 12. The van der Waals surface area contributed by atoms with Gasteiger partial charge in [0.2, 0.25) is 5.91 Å². The fraction of sp³-hybridized carbons (Fsp3) is 0.586. The quantitative estimate of drug-likeness (QED) is 0.231. The van der Waals surface area contributed by atoms with Gasteiger partial charge in [0.05, 0.1) is 0 Å². The van der Waals surface area contributed by atoms with Gasteiger partial charge in [-0.05, 0) is 22.8 Å². The number of carboxylic acid groups (broad SMARTS) is 1. The van der Waals surface area contributed by atoms with Crippen LogP contribution in [-0.2, 0) is 16.0 Å². The Morgan fingerprint density at radius 2 is 1.30 bits per heavy atom. The van der Waals surface area contributed by atoms with E-state index in [1.807, 2.05) is 42.5 Å². The van der Waals surface area contributed by atoms with Crippen molar-refractivity contribution in [2.24, 2.45) is 0 Å². The topological polar surface area (TPSA) is 66.4 Å². The Balaban J connectivity index is 1.56. The molecule has 1 amide bonds. The second kappa shape index (κ2) is 16.3. The summed E-state index contributed by atoms with van der Waals surface area (Å²) in [5.74, 6) is -1.15. The average molecular weight is 454 g/mol. The lowest BCUT2D eigenvalue weighted by atomic mass is 10.0. The van der Waals surface area contributed by atoms with E-state index in [-0.39, 0.29) is 5.91 Å². The van der Waals surface area contributed by atoms with Gasteiger partial charge >= 0.3 is 5.97 Å². The predicted octanol–water partition coefficient (Wildman–Crippen LogP) is 7.43. The lowest BCUT2D eigenvalue weighted by Crippen LogP contribution is -2.42. The summed E-state index contributed by atoms with van der Waals surface area (Å²) >= 11 is 0. The molecule has 1 atom stereocenters. The number of carbonyl (C=O) groups is 2. The molecule has 33 heavy (non-hydrogen) atoms. The number of fused-ring (bicyclic) bond motifs is 1. The number of benzene rings is 2. The van der Waals surface area contributed by atoms with Crippen LogP contribution in [0, 0.1) is 0 Å². The van der Waals surface area contributed by atoms with Crippen LogP contribution in [0.15, 0.2) is 42.5 Å². The minimum atomic E-state index is -0.984. The van der Waals surface area contributed by atoms with Crippen molar-refractivity contribution in [1.82, 2.24) is 5.32 Å². The van der Waals surface area contributed by atoms with Crippen molar-refractivity contribution < 1.29 is 14.7 Å². The first kappa shape index (κ1) is 26.9. The van der Waals surface area contributed by atoms with Gasteiger partial charge in [-0.2, -0.15) is 0 Å². The molecule has 0 aliphatic heterocycles. The van der Waals surface area contributed by atoms with Crippen molar-refractivity contribution >= 4 is 22.6 Å². The fourth-order valence-corrected chi connectivity index (χ4v) is 4.37. The van der Waals surface area contributed by atoms with Crippen LogP contribution in [0.5, 0.6) is 0 Å². The second-order valence-electron chi connectivity index (χ2n) is 9.34. The van der Waals surface area contributed by atoms with Crippen LogP contribution in [0.3, 0.4) is 0 Å². The number of nitrogens with one attached hydrogen (secondary N) is 1. The van der Waals surface area contributed by atoms with Crippen LogP contribution in [0.25, 0.3) is 10.8 Å². The van der Waals surface area contributed by atoms with Gasteiger partial charge < -0.3 is 10.4 Å². The molecule has 1 unspecified atom stereocenters. The Bertz CT molecular complexity index is 832. The predicted molar refractivity (Wildman–Crippen MR) is 138 cm³/mol. The van der Waals surface area contributed by atoms with Crippen LogP contribution >= 0.6 is 0 Å². The highest BCUT2D eigenvalue weighted by Crippen LogP contribution is 2.17. The van der Waals surface area contributed by atoms with E-state index < -0.39 is 12.0 Å². The molecule has 0 fully saturated rings. The van der Waals surface area contributed by atoms with E-state index >= 15 is 0 Å². The molecule has 0 radical (unpaired) electrons. The van der Waals surface area contributed by atoms with Crippen molar-refractivity contribution in [1.29, 1.82) is 0 Å². The molecule has 0 heterocycles. The summed E-state index contributed by atoms with van der Waals surface area (Å²) < 4.78 is 0. The van der Waals surface area contributed by atoms with E-state index in [9.17, 15) is 14.7 Å². The molecule has 0 aromatic heterocycles. The van der Waals surface area contributed by atoms with Gasteiger partial charge in [-0.25, -0.2) is 4.79 Å². The van der Waals surface area contributed by atoms with E-state index in [0.717, 1.165) is 35.6 Å². The number of aliphatic carboxylic acids is 1. The summed E-state index contributed by atoms with van der Waals surface area (Å²) in [5.41, 5.74) is 0.919. The van der Waals surface area contributed by atoms with E-state index in [1.54, 1.807) is 0 Å². The Morgan fingerprint density at radius 1 is 0.758 bits per heavy atom. The highest BCUT2D eigenvalue weighted by molar-refractivity contribution is 5.85. The van der Waals surface area contributed by atoms with Crippen LogP contribution in [0.2, 0.25) is 0 Å². The standard InChI is InChI=1S/C29H43NO3/c1-2-3-4-5-6-7-8-9-10-11-12-13-14-19-28(31)30-27(29(32)33)23-24-20-21-25-17-15-16-18-26(25)22-24/h15-18,20-22,27H,2-14,19,23H2,1H3,(H,30,31)(H,32,33). The lowest BCUT2D eigenvalue weighted by Gasteiger charge is -2.15. The van der Waals surface area contributed by atoms with Crippen molar-refractivity contribution in [2.45, 2.75) is 109 Å². The first-order chi connectivity index (χ1) is 16.1. The Morgan fingerprint density at radius 3 is 1.88 bits per heavy atom. The monoisotopic (exact) mass is 453 g/mol. The van der Waals surface area contributed by atoms with E-state index in [0.29, 0.717) is 12.8 Å². The van der Waals surface area contributed by atoms with Crippen molar-refractivity contribution in [3.8, 4) is 0 Å². The first-order valence-electron chi connectivity index (χ1n) is 13.1. The van der Waals surface area contributed by atoms with Crippen molar-refractivity contribution in [2.75, 3.05) is 0 Å². The van der Waals surface area contributed by atoms with Gasteiger partial charge in [-0.3, -0.25) is 4.79 Å². The Kier molecular flexibility index (Phi) is 13.3. The first-order valence-corrected chi connectivity index (χ1v) is 13.1. The molecule has 0 saturated carbocycles. The summed E-state index contributed by atoms with van der Waals surface area (Å²) in [6.07, 6.45) is 17.1. The molecule has 0 aliphatic rings. The van der Waals surface area contributed by atoms with Crippen LogP contribution in [-0.4, -0.2) is 23.0 Å². The maximum atomic E-state index is 12.3. The van der Waals surface area contributed by atoms with Gasteiger partial charge in [0, 0.05) is 12.8 Å². The third-order valence-corrected chi connectivity index (χ3v) is 6.39. The van der Waals surface area contributed by atoms with E-state index in [2.05, 4.69) is 12.2 Å². The number of hydrogen-bond acceptors (Lipinski definition) is 2. The van der Waals surface area contributed by atoms with Crippen molar-refractivity contribution in [3.05, 3.63) is 48.0 Å². The zero-order valence-electron chi connectivity index (χ0n) is 20.5. The Hall–Kier alpha value is -2.36. The molecule has 0 spiro atoms. The van der Waals surface area contributed by atoms with E-state index in [1.165, 1.54) is 64.2 Å². The zero-order valence-corrected chi connectivity index (χ0v) is 20.5. The van der Waals surface area contributed by atoms with Gasteiger partial charge in [0.25, 0.3) is 0 Å². The molecule has 0 bridgehead atoms. The average Bonchev–Trinajstić information content (AvgIpc) is 2.81. The molecule has 4 nitrogen and oxygen atoms in total. The third kappa shape index (κ3) is 11.4. The third-order valence-electron chi connectivity index (χ3n) is 6.39. The summed E-state index contributed by atoms with van der Waals surface area (Å²) in [7, 11) is 0. The molecular weight excluding hydrogens is 410 g/mol. The largest absolute Gasteiger partial charge is 0.480 e. The van der Waals surface area contributed by atoms with Gasteiger partial charge in [0.1, 0.15) is 6.04 Å². The molecule has 2 aromatic rings. The normalized spacial score (nSPS) is 12.0. The maximum absolute atomic E-state index is 12.3. The van der Waals surface area contributed by atoms with Gasteiger partial charge in [-0.1, -0.05) is 126 Å². The number of carbonyl (C=O) groups excluding carboxylic acids is 1. The second-order valence-corrected chi connectivity index (χ2v) is 9.34. The molecule has 2 aromatic carbocycles. The smallest absolute Gasteiger partial charge is 0.326 e. The maximum Gasteiger partial charge on any atom is 0.326 e. The summed E-state index contributed by atoms with van der Waals surface area (Å²) in [6, 6.07) is 13.1. The minimum Gasteiger partial charge on any atom is -0.480 e. The van der Waals surface area contributed by atoms with Crippen LogP contribution in [0.4, 0.5) is 0 Å². The molecular formula is C29H43NO3.